The molecule has 150 valence electrons. The molecule has 0 radical (unpaired) electrons. The summed E-state index contributed by atoms with van der Waals surface area (Å²) in [6, 6.07) is 10.4. The Morgan fingerprint density at radius 3 is 2.83 bits per heavy atom. The van der Waals surface area contributed by atoms with Crippen LogP contribution in [0.25, 0.3) is 11.0 Å². The number of nitrogens with one attached hydrogen (secondary N) is 1. The zero-order valence-electron chi connectivity index (χ0n) is 16.9. The third-order valence-electron chi connectivity index (χ3n) is 6.60. The van der Waals surface area contributed by atoms with Crippen molar-refractivity contribution in [1.29, 1.82) is 0 Å². The minimum Gasteiger partial charge on any atom is -0.497 e. The molecule has 1 aromatic heterocycles. The van der Waals surface area contributed by atoms with Gasteiger partial charge in [-0.1, -0.05) is 12.5 Å². The molecule has 1 fully saturated rings. The lowest BCUT2D eigenvalue weighted by molar-refractivity contribution is 0.0602. The molecule has 2 aromatic carbocycles. The summed E-state index contributed by atoms with van der Waals surface area (Å²) >= 11 is 0. The topological polar surface area (TPSA) is 65.4 Å². The lowest BCUT2D eigenvalue weighted by Gasteiger charge is -2.38. The number of hydrogen-bond donors (Lipinski definition) is 1. The van der Waals surface area contributed by atoms with Gasteiger partial charge < -0.3 is 19.4 Å². The van der Waals surface area contributed by atoms with E-state index in [0.29, 0.717) is 17.4 Å². The van der Waals surface area contributed by atoms with Gasteiger partial charge in [-0.15, -0.1) is 0 Å². The number of esters is 1. The summed E-state index contributed by atoms with van der Waals surface area (Å²) in [5.74, 6) is 1.57. The standard InChI is InChI=1S/C23H25N3O3/c1-26-12-24-21-16(8-9-17(22(21)26)23(27)29-3)20-15-6-4-5-14(15)18-11-13(28-2)7-10-19(18)25-20/h7-12,14-15,20,25H,4-6H2,1-3H3/t14-,15+,20-/m1/s1. The van der Waals surface area contributed by atoms with Crippen LogP contribution >= 0.6 is 0 Å². The van der Waals surface area contributed by atoms with E-state index in [1.165, 1.54) is 37.6 Å². The number of carbonyl (C=O) groups excluding carboxylic acids is 1. The highest BCUT2D eigenvalue weighted by atomic mass is 16.5. The van der Waals surface area contributed by atoms with Crippen molar-refractivity contribution in [2.24, 2.45) is 13.0 Å². The number of fused-ring (bicyclic) bond motifs is 4. The Balaban J connectivity index is 1.64. The van der Waals surface area contributed by atoms with Crippen LogP contribution in [0.4, 0.5) is 5.69 Å². The van der Waals surface area contributed by atoms with Gasteiger partial charge in [-0.25, -0.2) is 9.78 Å². The van der Waals surface area contributed by atoms with Gasteiger partial charge in [-0.3, -0.25) is 0 Å². The molecule has 3 atom stereocenters. The molecule has 0 bridgehead atoms. The highest BCUT2D eigenvalue weighted by molar-refractivity contribution is 6.03. The Morgan fingerprint density at radius 1 is 1.17 bits per heavy atom. The van der Waals surface area contributed by atoms with E-state index < -0.39 is 0 Å². The number of aryl methyl sites for hydroxylation is 1. The van der Waals surface area contributed by atoms with E-state index in [-0.39, 0.29) is 12.0 Å². The van der Waals surface area contributed by atoms with Crippen molar-refractivity contribution in [3.05, 3.63) is 53.3 Å². The molecule has 1 aliphatic heterocycles. The number of methoxy groups -OCH3 is 2. The van der Waals surface area contributed by atoms with Gasteiger partial charge >= 0.3 is 5.97 Å². The Hall–Kier alpha value is -3.02. The molecule has 1 saturated carbocycles. The highest BCUT2D eigenvalue weighted by Crippen LogP contribution is 2.54. The van der Waals surface area contributed by atoms with E-state index in [9.17, 15) is 4.79 Å². The molecule has 0 spiro atoms. The monoisotopic (exact) mass is 391 g/mol. The maximum Gasteiger partial charge on any atom is 0.340 e. The van der Waals surface area contributed by atoms with Gasteiger partial charge in [0.25, 0.3) is 0 Å². The molecule has 6 nitrogen and oxygen atoms in total. The summed E-state index contributed by atoms with van der Waals surface area (Å²) in [4.78, 5) is 16.9. The van der Waals surface area contributed by atoms with Crippen molar-refractivity contribution in [3.63, 3.8) is 0 Å². The summed E-state index contributed by atoms with van der Waals surface area (Å²) in [6.07, 6.45) is 5.35. The first-order chi connectivity index (χ1) is 14.1. The molecule has 29 heavy (non-hydrogen) atoms. The number of nitrogens with zero attached hydrogens (tertiary/aromatic N) is 2. The molecule has 0 saturated heterocycles. The smallest absolute Gasteiger partial charge is 0.340 e. The normalized spacial score (nSPS) is 22.7. The maximum atomic E-state index is 12.3. The molecule has 2 heterocycles. The Bertz CT molecular complexity index is 1100. The first-order valence-corrected chi connectivity index (χ1v) is 10.1. The summed E-state index contributed by atoms with van der Waals surface area (Å²) in [7, 11) is 5.04. The molecule has 3 aromatic rings. The second kappa shape index (κ2) is 6.79. The highest BCUT2D eigenvalue weighted by Gasteiger charge is 2.41. The van der Waals surface area contributed by atoms with Crippen molar-refractivity contribution < 1.29 is 14.3 Å². The predicted molar refractivity (Wildman–Crippen MR) is 111 cm³/mol. The zero-order valence-corrected chi connectivity index (χ0v) is 16.9. The molecule has 2 aliphatic rings. The Morgan fingerprint density at radius 2 is 2.03 bits per heavy atom. The Labute approximate surface area is 169 Å². The second-order valence-corrected chi connectivity index (χ2v) is 8.02. The molecule has 1 aliphatic carbocycles. The van der Waals surface area contributed by atoms with Gasteiger partial charge in [0.05, 0.1) is 43.2 Å². The van der Waals surface area contributed by atoms with Crippen molar-refractivity contribution in [1.82, 2.24) is 9.55 Å². The fourth-order valence-electron chi connectivity index (χ4n) is 5.28. The van der Waals surface area contributed by atoms with E-state index in [0.717, 1.165) is 22.3 Å². The Kier molecular flexibility index (Phi) is 4.23. The number of imidazole rings is 1. The van der Waals surface area contributed by atoms with Crippen LogP contribution in [-0.2, 0) is 11.8 Å². The van der Waals surface area contributed by atoms with Crippen LogP contribution < -0.4 is 10.1 Å². The second-order valence-electron chi connectivity index (χ2n) is 8.02. The molecular weight excluding hydrogens is 366 g/mol. The quantitative estimate of drug-likeness (QED) is 0.670. The van der Waals surface area contributed by atoms with Crippen LogP contribution in [0.15, 0.2) is 36.7 Å². The number of carbonyl (C=O) groups is 1. The summed E-state index contributed by atoms with van der Waals surface area (Å²) in [5.41, 5.74) is 5.91. The van der Waals surface area contributed by atoms with E-state index in [1.54, 1.807) is 13.4 Å². The van der Waals surface area contributed by atoms with Crippen molar-refractivity contribution >= 4 is 22.7 Å². The number of benzene rings is 2. The predicted octanol–water partition coefficient (Wildman–Crippen LogP) is 4.42. The summed E-state index contributed by atoms with van der Waals surface area (Å²) in [5, 5.41) is 3.78. The first kappa shape index (κ1) is 18.0. The average molecular weight is 391 g/mol. The maximum absolute atomic E-state index is 12.3. The number of aromatic nitrogens is 2. The minimum absolute atomic E-state index is 0.160. The summed E-state index contributed by atoms with van der Waals surface area (Å²) in [6.45, 7) is 0. The van der Waals surface area contributed by atoms with E-state index in [2.05, 4.69) is 22.4 Å². The lowest BCUT2D eigenvalue weighted by Crippen LogP contribution is -2.29. The van der Waals surface area contributed by atoms with E-state index in [4.69, 9.17) is 9.47 Å². The van der Waals surface area contributed by atoms with Crippen LogP contribution in [0.2, 0.25) is 0 Å². The third-order valence-corrected chi connectivity index (χ3v) is 6.60. The number of anilines is 1. The molecule has 5 rings (SSSR count). The number of ether oxygens (including phenoxy) is 2. The third kappa shape index (κ3) is 2.69. The van der Waals surface area contributed by atoms with Crippen molar-refractivity contribution in [3.8, 4) is 5.75 Å². The van der Waals surface area contributed by atoms with Crippen LogP contribution in [-0.4, -0.2) is 29.7 Å². The van der Waals surface area contributed by atoms with Crippen molar-refractivity contribution in [2.75, 3.05) is 19.5 Å². The van der Waals surface area contributed by atoms with Crippen LogP contribution in [0.1, 0.15) is 52.7 Å². The molecule has 6 heteroatoms. The lowest BCUT2D eigenvalue weighted by atomic mass is 9.77. The number of hydrogen-bond acceptors (Lipinski definition) is 5. The van der Waals surface area contributed by atoms with Crippen LogP contribution in [0.3, 0.4) is 0 Å². The molecular formula is C23H25N3O3. The zero-order chi connectivity index (χ0) is 20.1. The first-order valence-electron chi connectivity index (χ1n) is 10.1. The average Bonchev–Trinajstić information content (AvgIpc) is 3.39. The van der Waals surface area contributed by atoms with E-state index in [1.807, 2.05) is 29.8 Å². The minimum atomic E-state index is -0.335. The van der Waals surface area contributed by atoms with Crippen LogP contribution in [0, 0.1) is 5.92 Å². The van der Waals surface area contributed by atoms with Gasteiger partial charge in [0.15, 0.2) is 0 Å². The molecule has 0 unspecified atom stereocenters. The van der Waals surface area contributed by atoms with Gasteiger partial charge in [0.1, 0.15) is 5.75 Å². The van der Waals surface area contributed by atoms with Gasteiger partial charge in [0.2, 0.25) is 0 Å². The van der Waals surface area contributed by atoms with Crippen LogP contribution in [0.5, 0.6) is 5.75 Å². The SMILES string of the molecule is COC(=O)c1ccc([C@@H]2Nc3ccc(OC)cc3[C@@H]3CCC[C@@H]32)c2ncn(C)c12. The van der Waals surface area contributed by atoms with Gasteiger partial charge in [0, 0.05) is 18.3 Å². The number of rotatable bonds is 3. The van der Waals surface area contributed by atoms with Gasteiger partial charge in [-0.05, 0) is 54.5 Å². The largest absolute Gasteiger partial charge is 0.497 e. The molecule has 0 amide bonds. The van der Waals surface area contributed by atoms with Crippen molar-refractivity contribution in [2.45, 2.75) is 31.2 Å². The molecule has 1 N–H and O–H groups in total. The summed E-state index contributed by atoms with van der Waals surface area (Å²) < 4.78 is 12.3. The van der Waals surface area contributed by atoms with E-state index >= 15 is 0 Å². The fraction of sp³-hybridized carbons (Fsp3) is 0.391. The fourth-order valence-corrected chi connectivity index (χ4v) is 5.28. The van der Waals surface area contributed by atoms with Gasteiger partial charge in [-0.2, -0.15) is 0 Å².